The summed E-state index contributed by atoms with van der Waals surface area (Å²) >= 11 is 0. The van der Waals surface area contributed by atoms with Crippen LogP contribution in [-0.4, -0.2) is 5.78 Å². The molecule has 0 saturated carbocycles. The van der Waals surface area contributed by atoms with Crippen molar-refractivity contribution in [2.45, 2.75) is 0 Å². The molecule has 3 nitrogen and oxygen atoms in total. The molecule has 0 aliphatic heterocycles. The number of ketones is 1. The average molecular weight is 517 g/mol. The number of benzene rings is 6. The lowest BCUT2D eigenvalue weighted by Crippen LogP contribution is -2.09. The zero-order valence-corrected chi connectivity index (χ0v) is 21.9. The first-order chi connectivity index (χ1) is 19.7. The second-order valence-electron chi connectivity index (χ2n) is 9.59. The highest BCUT2D eigenvalue weighted by molar-refractivity contribution is 6.42. The average Bonchev–Trinajstić information content (AvgIpc) is 3.02. The van der Waals surface area contributed by atoms with E-state index in [0.717, 1.165) is 33.3 Å². The van der Waals surface area contributed by atoms with Crippen LogP contribution in [0.25, 0.3) is 32.7 Å². The number of allylic oxidation sites excluding steroid dienone is 2. The molecule has 0 bridgehead atoms. The Balaban J connectivity index is 1.38. The fourth-order valence-electron chi connectivity index (χ4n) is 4.81. The van der Waals surface area contributed by atoms with Crippen molar-refractivity contribution in [1.29, 1.82) is 0 Å². The summed E-state index contributed by atoms with van der Waals surface area (Å²) in [5, 5.41) is 11.4. The number of hydrogen-bond donors (Lipinski definition) is 2. The molecule has 0 aliphatic carbocycles. The summed E-state index contributed by atoms with van der Waals surface area (Å²) in [6, 6.07) is 48.4. The zero-order chi connectivity index (χ0) is 27.1. The molecular formula is C37H28N2O. The van der Waals surface area contributed by atoms with E-state index in [1.807, 2.05) is 109 Å². The Kier molecular flexibility index (Phi) is 7.19. The number of fused-ring (bicyclic) bond motifs is 2. The van der Waals surface area contributed by atoms with Gasteiger partial charge in [0.15, 0.2) is 5.78 Å². The standard InChI is InChI=1S/C37H28N2O/c40-37(35(29-13-3-1-4-14-29)25-38-33-21-19-27-11-7-9-17-31(27)23-33)36(30-15-5-2-6-16-30)26-39-34-22-20-28-12-8-10-18-32(28)24-34/h1-26,38-39H/b35-25+,36-26+. The molecule has 0 amide bonds. The first kappa shape index (κ1) is 24.9. The van der Waals surface area contributed by atoms with E-state index in [2.05, 4.69) is 59.2 Å². The Hall–Kier alpha value is -5.41. The second-order valence-corrected chi connectivity index (χ2v) is 9.59. The van der Waals surface area contributed by atoms with Gasteiger partial charge in [-0.25, -0.2) is 0 Å². The van der Waals surface area contributed by atoms with E-state index in [1.54, 1.807) is 0 Å². The molecule has 0 radical (unpaired) electrons. The number of nitrogens with one attached hydrogen (secondary N) is 2. The summed E-state index contributed by atoms with van der Waals surface area (Å²) in [6.07, 6.45) is 3.63. The minimum absolute atomic E-state index is 0.0843. The van der Waals surface area contributed by atoms with Crippen LogP contribution in [0.3, 0.4) is 0 Å². The van der Waals surface area contributed by atoms with Crippen LogP contribution in [-0.2, 0) is 4.79 Å². The van der Waals surface area contributed by atoms with E-state index in [9.17, 15) is 4.79 Å². The Morgan fingerprint density at radius 1 is 0.425 bits per heavy atom. The summed E-state index contributed by atoms with van der Waals surface area (Å²) in [5.41, 5.74) is 4.66. The Morgan fingerprint density at radius 2 is 0.800 bits per heavy atom. The molecule has 192 valence electrons. The van der Waals surface area contributed by atoms with Gasteiger partial charge in [0.25, 0.3) is 0 Å². The summed E-state index contributed by atoms with van der Waals surface area (Å²) in [4.78, 5) is 14.3. The van der Waals surface area contributed by atoms with Crippen LogP contribution in [0, 0.1) is 0 Å². The van der Waals surface area contributed by atoms with Gasteiger partial charge in [-0.05, 0) is 56.9 Å². The normalized spacial score (nSPS) is 11.9. The number of rotatable bonds is 8. The highest BCUT2D eigenvalue weighted by atomic mass is 16.1. The summed E-state index contributed by atoms with van der Waals surface area (Å²) in [6.45, 7) is 0. The molecule has 0 saturated heterocycles. The molecule has 0 spiro atoms. The molecule has 0 atom stereocenters. The fraction of sp³-hybridized carbons (Fsp3) is 0. The highest BCUT2D eigenvalue weighted by Crippen LogP contribution is 2.27. The fourth-order valence-corrected chi connectivity index (χ4v) is 4.81. The van der Waals surface area contributed by atoms with Gasteiger partial charge in [-0.3, -0.25) is 4.79 Å². The van der Waals surface area contributed by atoms with E-state index in [0.29, 0.717) is 11.1 Å². The molecule has 3 heteroatoms. The van der Waals surface area contributed by atoms with Gasteiger partial charge in [-0.1, -0.05) is 121 Å². The molecular weight excluding hydrogens is 488 g/mol. The van der Waals surface area contributed by atoms with Crippen molar-refractivity contribution in [2.75, 3.05) is 10.6 Å². The van der Waals surface area contributed by atoms with E-state index < -0.39 is 0 Å². The van der Waals surface area contributed by atoms with Crippen molar-refractivity contribution >= 4 is 49.8 Å². The maximum absolute atomic E-state index is 14.3. The molecule has 0 fully saturated rings. The van der Waals surface area contributed by atoms with Crippen molar-refractivity contribution in [3.05, 3.63) is 169 Å². The third-order valence-electron chi connectivity index (χ3n) is 6.92. The lowest BCUT2D eigenvalue weighted by molar-refractivity contribution is -0.108. The predicted molar refractivity (Wildman–Crippen MR) is 169 cm³/mol. The maximum atomic E-state index is 14.3. The first-order valence-electron chi connectivity index (χ1n) is 13.3. The van der Waals surface area contributed by atoms with Crippen LogP contribution in [0.2, 0.25) is 0 Å². The van der Waals surface area contributed by atoms with Gasteiger partial charge >= 0.3 is 0 Å². The lowest BCUT2D eigenvalue weighted by Gasteiger charge is -2.13. The van der Waals surface area contributed by atoms with Gasteiger partial charge in [0.1, 0.15) is 0 Å². The molecule has 0 heterocycles. The van der Waals surface area contributed by atoms with Crippen LogP contribution >= 0.6 is 0 Å². The van der Waals surface area contributed by atoms with Crippen LogP contribution in [0.4, 0.5) is 11.4 Å². The number of anilines is 2. The van der Waals surface area contributed by atoms with Gasteiger partial charge < -0.3 is 10.6 Å². The Bertz CT molecular complexity index is 1720. The topological polar surface area (TPSA) is 41.1 Å². The van der Waals surface area contributed by atoms with Crippen molar-refractivity contribution in [3.8, 4) is 0 Å². The molecule has 0 unspecified atom stereocenters. The second kappa shape index (κ2) is 11.5. The molecule has 6 aromatic carbocycles. The van der Waals surface area contributed by atoms with Crippen molar-refractivity contribution in [2.24, 2.45) is 0 Å². The number of carbonyl (C=O) groups excluding carboxylic acids is 1. The highest BCUT2D eigenvalue weighted by Gasteiger charge is 2.19. The molecule has 0 aromatic heterocycles. The molecule has 6 rings (SSSR count). The Morgan fingerprint density at radius 3 is 1.23 bits per heavy atom. The van der Waals surface area contributed by atoms with Crippen molar-refractivity contribution < 1.29 is 4.79 Å². The van der Waals surface area contributed by atoms with Gasteiger partial charge in [0, 0.05) is 34.9 Å². The van der Waals surface area contributed by atoms with Crippen LogP contribution < -0.4 is 10.6 Å². The number of hydrogen-bond acceptors (Lipinski definition) is 3. The minimum atomic E-state index is -0.0843. The quantitative estimate of drug-likeness (QED) is 0.198. The van der Waals surface area contributed by atoms with Crippen molar-refractivity contribution in [1.82, 2.24) is 0 Å². The molecule has 2 N–H and O–H groups in total. The molecule has 0 aliphatic rings. The van der Waals surface area contributed by atoms with Gasteiger partial charge in [-0.15, -0.1) is 0 Å². The van der Waals surface area contributed by atoms with Crippen LogP contribution in [0.1, 0.15) is 11.1 Å². The molecule has 6 aromatic rings. The zero-order valence-electron chi connectivity index (χ0n) is 21.9. The third-order valence-corrected chi connectivity index (χ3v) is 6.92. The third kappa shape index (κ3) is 5.54. The largest absolute Gasteiger partial charge is 0.361 e. The maximum Gasteiger partial charge on any atom is 0.197 e. The SMILES string of the molecule is O=C(/C(=C/Nc1ccc2ccccc2c1)c1ccccc1)/C(=C/Nc1ccc2ccccc2c1)c1ccccc1. The summed E-state index contributed by atoms with van der Waals surface area (Å²) in [7, 11) is 0. The smallest absolute Gasteiger partial charge is 0.197 e. The van der Waals surface area contributed by atoms with Gasteiger partial charge in [0.05, 0.1) is 0 Å². The monoisotopic (exact) mass is 516 g/mol. The number of Topliss-reactive ketones (excluding diaryl/α,β-unsaturated/α-hetero) is 1. The van der Waals surface area contributed by atoms with Crippen molar-refractivity contribution in [3.63, 3.8) is 0 Å². The summed E-state index contributed by atoms with van der Waals surface area (Å²) in [5.74, 6) is -0.0843. The molecule has 40 heavy (non-hydrogen) atoms. The van der Waals surface area contributed by atoms with Gasteiger partial charge in [-0.2, -0.15) is 0 Å². The van der Waals surface area contributed by atoms with Crippen LogP contribution in [0.15, 0.2) is 158 Å². The van der Waals surface area contributed by atoms with Gasteiger partial charge in [0.2, 0.25) is 0 Å². The summed E-state index contributed by atoms with van der Waals surface area (Å²) < 4.78 is 0. The number of carbonyl (C=O) groups is 1. The van der Waals surface area contributed by atoms with E-state index >= 15 is 0 Å². The van der Waals surface area contributed by atoms with E-state index in [-0.39, 0.29) is 5.78 Å². The lowest BCUT2D eigenvalue weighted by atomic mass is 9.93. The van der Waals surface area contributed by atoms with E-state index in [4.69, 9.17) is 0 Å². The Labute approximate surface area is 234 Å². The first-order valence-corrected chi connectivity index (χ1v) is 13.3. The van der Waals surface area contributed by atoms with E-state index in [1.165, 1.54) is 10.8 Å². The predicted octanol–water partition coefficient (Wildman–Crippen LogP) is 9.17. The minimum Gasteiger partial charge on any atom is -0.361 e. The van der Waals surface area contributed by atoms with Crippen LogP contribution in [0.5, 0.6) is 0 Å².